The summed E-state index contributed by atoms with van der Waals surface area (Å²) in [4.78, 5) is 14.1. The van der Waals surface area contributed by atoms with E-state index >= 15 is 0 Å². The van der Waals surface area contributed by atoms with Crippen molar-refractivity contribution in [3.05, 3.63) is 22.9 Å². The molecule has 102 valence electrons. The minimum Gasteiger partial charge on any atom is -0.315 e. The average molecular weight is 252 g/mol. The van der Waals surface area contributed by atoms with Crippen LogP contribution in [0.25, 0.3) is 0 Å². The summed E-state index contributed by atoms with van der Waals surface area (Å²) in [6, 6.07) is 0.479. The molecule has 1 fully saturated rings. The Labute approximate surface area is 108 Å². The highest BCUT2D eigenvalue weighted by Gasteiger charge is 2.25. The molecular formula is C13H24N4O. The predicted molar refractivity (Wildman–Crippen MR) is 73.0 cm³/mol. The molecule has 1 aromatic rings. The normalized spacial score (nSPS) is 15.5. The van der Waals surface area contributed by atoms with Crippen molar-refractivity contribution >= 4 is 0 Å². The molecule has 0 bridgehead atoms. The molecule has 1 aliphatic rings. The Bertz CT molecular complexity index is 417. The third-order valence-corrected chi connectivity index (χ3v) is 3.30. The van der Waals surface area contributed by atoms with Gasteiger partial charge in [-0.1, -0.05) is 0 Å². The molecule has 0 spiro atoms. The fraction of sp³-hybridized carbons (Fsp3) is 0.769. The van der Waals surface area contributed by atoms with Gasteiger partial charge in [-0.3, -0.25) is 9.13 Å². The molecule has 1 aliphatic carbocycles. The van der Waals surface area contributed by atoms with Crippen LogP contribution in [0.2, 0.25) is 0 Å². The van der Waals surface area contributed by atoms with Gasteiger partial charge in [-0.25, -0.2) is 4.79 Å². The summed E-state index contributed by atoms with van der Waals surface area (Å²) in [7, 11) is 4.17. The first-order valence-corrected chi connectivity index (χ1v) is 6.81. The topological polar surface area (TPSA) is 42.2 Å². The molecule has 2 rings (SSSR count). The highest BCUT2D eigenvalue weighted by atomic mass is 16.1. The van der Waals surface area contributed by atoms with Crippen LogP contribution in [0.3, 0.4) is 0 Å². The van der Waals surface area contributed by atoms with Gasteiger partial charge in [-0.15, -0.1) is 0 Å². The zero-order valence-corrected chi connectivity index (χ0v) is 11.4. The van der Waals surface area contributed by atoms with Gasteiger partial charge >= 0.3 is 5.69 Å². The fourth-order valence-electron chi connectivity index (χ4n) is 2.07. The van der Waals surface area contributed by atoms with E-state index in [0.717, 1.165) is 45.4 Å². The number of imidazole rings is 1. The van der Waals surface area contributed by atoms with Gasteiger partial charge < -0.3 is 10.2 Å². The zero-order valence-electron chi connectivity index (χ0n) is 11.4. The molecule has 1 aromatic heterocycles. The van der Waals surface area contributed by atoms with Crippen LogP contribution in [0.4, 0.5) is 0 Å². The lowest BCUT2D eigenvalue weighted by molar-refractivity contribution is 0.393. The quantitative estimate of drug-likeness (QED) is 0.686. The number of aromatic nitrogens is 2. The van der Waals surface area contributed by atoms with Crippen molar-refractivity contribution in [3.63, 3.8) is 0 Å². The second-order valence-electron chi connectivity index (χ2n) is 5.32. The molecule has 0 amide bonds. The summed E-state index contributed by atoms with van der Waals surface area (Å²) < 4.78 is 3.67. The lowest BCUT2D eigenvalue weighted by Gasteiger charge is -2.09. The molecule has 0 saturated heterocycles. The van der Waals surface area contributed by atoms with Crippen molar-refractivity contribution in [1.82, 2.24) is 19.4 Å². The first kappa shape index (κ1) is 13.4. The number of rotatable bonds is 8. The molecule has 18 heavy (non-hydrogen) atoms. The predicted octanol–water partition coefficient (Wildman–Crippen LogP) is 0.526. The van der Waals surface area contributed by atoms with Gasteiger partial charge in [-0.05, 0) is 46.4 Å². The number of nitrogens with one attached hydrogen (secondary N) is 1. The van der Waals surface area contributed by atoms with Crippen LogP contribution >= 0.6 is 0 Å². The molecular weight excluding hydrogens is 228 g/mol. The highest BCUT2D eigenvalue weighted by molar-refractivity contribution is 4.91. The average Bonchev–Trinajstić information content (AvgIpc) is 3.09. The van der Waals surface area contributed by atoms with Crippen molar-refractivity contribution in [2.45, 2.75) is 31.8 Å². The van der Waals surface area contributed by atoms with E-state index < -0.39 is 0 Å². The summed E-state index contributed by atoms with van der Waals surface area (Å²) in [5, 5.41) is 3.37. The lowest BCUT2D eigenvalue weighted by atomic mass is 10.4. The maximum atomic E-state index is 12.0. The van der Waals surface area contributed by atoms with Crippen molar-refractivity contribution < 1.29 is 0 Å². The van der Waals surface area contributed by atoms with Crippen molar-refractivity contribution in [2.24, 2.45) is 0 Å². The molecule has 1 heterocycles. The van der Waals surface area contributed by atoms with E-state index in [-0.39, 0.29) is 5.69 Å². The Balaban J connectivity index is 1.66. The van der Waals surface area contributed by atoms with Crippen LogP contribution in [0.15, 0.2) is 17.2 Å². The van der Waals surface area contributed by atoms with Gasteiger partial charge in [-0.2, -0.15) is 0 Å². The Morgan fingerprint density at radius 3 is 2.78 bits per heavy atom. The van der Waals surface area contributed by atoms with E-state index in [1.165, 1.54) is 0 Å². The Morgan fingerprint density at radius 2 is 2.11 bits per heavy atom. The van der Waals surface area contributed by atoms with Crippen LogP contribution in [0.5, 0.6) is 0 Å². The largest absolute Gasteiger partial charge is 0.328 e. The van der Waals surface area contributed by atoms with Gasteiger partial charge in [0.2, 0.25) is 0 Å². The van der Waals surface area contributed by atoms with Crippen LogP contribution in [-0.4, -0.2) is 47.8 Å². The summed E-state index contributed by atoms with van der Waals surface area (Å²) in [5.74, 6) is 0. The van der Waals surface area contributed by atoms with Gasteiger partial charge in [0, 0.05) is 31.5 Å². The molecule has 0 aromatic carbocycles. The number of hydrogen-bond donors (Lipinski definition) is 1. The van der Waals surface area contributed by atoms with E-state index in [9.17, 15) is 4.79 Å². The van der Waals surface area contributed by atoms with Gasteiger partial charge in [0.25, 0.3) is 0 Å². The minimum atomic E-state index is 0.146. The van der Waals surface area contributed by atoms with Gasteiger partial charge in [0.05, 0.1) is 0 Å². The maximum Gasteiger partial charge on any atom is 0.328 e. The maximum absolute atomic E-state index is 12.0. The molecule has 1 saturated carbocycles. The molecule has 0 radical (unpaired) electrons. The van der Waals surface area contributed by atoms with Crippen molar-refractivity contribution in [1.29, 1.82) is 0 Å². The Kier molecular flexibility index (Phi) is 4.60. The summed E-state index contributed by atoms with van der Waals surface area (Å²) in [6.45, 7) is 3.74. The number of hydrogen-bond acceptors (Lipinski definition) is 3. The molecule has 5 heteroatoms. The van der Waals surface area contributed by atoms with Crippen LogP contribution < -0.4 is 11.0 Å². The first-order valence-electron chi connectivity index (χ1n) is 6.81. The third-order valence-electron chi connectivity index (χ3n) is 3.30. The SMILES string of the molecule is CN(C)CCCNCCn1ccn(C2CC2)c1=O. The molecule has 0 unspecified atom stereocenters. The lowest BCUT2D eigenvalue weighted by Crippen LogP contribution is -2.29. The molecule has 0 atom stereocenters. The summed E-state index contributed by atoms with van der Waals surface area (Å²) >= 11 is 0. The Morgan fingerprint density at radius 1 is 1.33 bits per heavy atom. The van der Waals surface area contributed by atoms with Crippen LogP contribution in [-0.2, 0) is 6.54 Å². The molecule has 0 aliphatic heterocycles. The standard InChI is InChI=1S/C13H24N4O/c1-15(2)8-3-6-14-7-9-16-10-11-17(13(16)18)12-4-5-12/h10-12,14H,3-9H2,1-2H3. The summed E-state index contributed by atoms with van der Waals surface area (Å²) in [5.41, 5.74) is 0.146. The van der Waals surface area contributed by atoms with E-state index in [4.69, 9.17) is 0 Å². The molecule has 1 N–H and O–H groups in total. The monoisotopic (exact) mass is 252 g/mol. The van der Waals surface area contributed by atoms with E-state index in [0.29, 0.717) is 6.04 Å². The van der Waals surface area contributed by atoms with E-state index in [1.54, 1.807) is 4.57 Å². The second-order valence-corrected chi connectivity index (χ2v) is 5.32. The first-order chi connectivity index (χ1) is 8.68. The molecule has 5 nitrogen and oxygen atoms in total. The number of nitrogens with zero attached hydrogens (tertiary/aromatic N) is 3. The fourth-order valence-corrected chi connectivity index (χ4v) is 2.07. The third kappa shape index (κ3) is 3.71. The van der Waals surface area contributed by atoms with E-state index in [2.05, 4.69) is 24.3 Å². The Hall–Kier alpha value is -1.07. The van der Waals surface area contributed by atoms with Gasteiger partial charge in [0.1, 0.15) is 0 Å². The second kappa shape index (κ2) is 6.20. The minimum absolute atomic E-state index is 0.146. The zero-order chi connectivity index (χ0) is 13.0. The van der Waals surface area contributed by atoms with Crippen molar-refractivity contribution in [2.75, 3.05) is 33.7 Å². The smallest absolute Gasteiger partial charge is 0.315 e. The highest BCUT2D eigenvalue weighted by Crippen LogP contribution is 2.33. The van der Waals surface area contributed by atoms with Crippen molar-refractivity contribution in [3.8, 4) is 0 Å². The summed E-state index contributed by atoms with van der Waals surface area (Å²) in [6.07, 6.45) is 7.29. The van der Waals surface area contributed by atoms with E-state index in [1.807, 2.05) is 17.0 Å². The van der Waals surface area contributed by atoms with Gasteiger partial charge in [0.15, 0.2) is 0 Å². The van der Waals surface area contributed by atoms with Crippen LogP contribution in [0.1, 0.15) is 25.3 Å². The van der Waals surface area contributed by atoms with Crippen LogP contribution in [0, 0.1) is 0 Å².